The van der Waals surface area contributed by atoms with Crippen LogP contribution in [0.5, 0.6) is 0 Å². The minimum absolute atomic E-state index is 0.547. The van der Waals surface area contributed by atoms with Gasteiger partial charge in [-0.2, -0.15) is 5.26 Å². The van der Waals surface area contributed by atoms with Crippen LogP contribution in [0.25, 0.3) is 11.5 Å². The molecule has 0 radical (unpaired) electrons. The van der Waals surface area contributed by atoms with E-state index < -0.39 is 0 Å². The van der Waals surface area contributed by atoms with Crippen LogP contribution in [0.2, 0.25) is 0 Å². The van der Waals surface area contributed by atoms with E-state index in [1.807, 2.05) is 13.8 Å². The summed E-state index contributed by atoms with van der Waals surface area (Å²) in [4.78, 5) is 11.4. The molecule has 64 valence electrons. The third kappa shape index (κ3) is 1.05. The molecule has 0 bridgehead atoms. The minimum atomic E-state index is 0.547. The fourth-order valence-corrected chi connectivity index (χ4v) is 1.19. The lowest BCUT2D eigenvalue weighted by molar-refractivity contribution is 1.03. The monoisotopic (exact) mass is 172 g/mol. The zero-order chi connectivity index (χ0) is 9.42. The Morgan fingerprint density at radius 1 is 1.46 bits per heavy atom. The summed E-state index contributed by atoms with van der Waals surface area (Å²) in [6, 6.07) is 2.06. The molecule has 0 aliphatic carbocycles. The summed E-state index contributed by atoms with van der Waals surface area (Å²) in [5.74, 6) is 0.611. The molecule has 0 saturated heterocycles. The van der Waals surface area contributed by atoms with Gasteiger partial charge < -0.3 is 4.98 Å². The lowest BCUT2D eigenvalue weighted by atomic mass is 10.2. The Labute approximate surface area is 75.6 Å². The summed E-state index contributed by atoms with van der Waals surface area (Å²) < 4.78 is 0. The van der Waals surface area contributed by atoms with Crippen molar-refractivity contribution in [3.8, 4) is 17.6 Å². The molecule has 0 spiro atoms. The van der Waals surface area contributed by atoms with Crippen molar-refractivity contribution in [1.82, 2.24) is 15.0 Å². The summed E-state index contributed by atoms with van der Waals surface area (Å²) >= 11 is 0. The second-order valence-corrected chi connectivity index (χ2v) is 2.93. The fraction of sp³-hybridized carbons (Fsp3) is 0.222. The standard InChI is InChI=1S/C9H8N4/c1-5-6(2)13-9-8(12-5)7(3-10)4-11-9/h4,12H,1-2H3. The Kier molecular flexibility index (Phi) is 1.52. The summed E-state index contributed by atoms with van der Waals surface area (Å²) in [5.41, 5.74) is 3.16. The molecule has 2 heterocycles. The van der Waals surface area contributed by atoms with Crippen molar-refractivity contribution in [3.05, 3.63) is 23.1 Å². The molecule has 2 rings (SSSR count). The molecule has 0 amide bonds. The lowest BCUT2D eigenvalue weighted by Crippen LogP contribution is -1.97. The third-order valence-electron chi connectivity index (χ3n) is 2.06. The highest BCUT2D eigenvalue weighted by Gasteiger charge is 2.13. The van der Waals surface area contributed by atoms with Gasteiger partial charge in [0.2, 0.25) is 0 Å². The molecule has 2 aliphatic rings. The van der Waals surface area contributed by atoms with Gasteiger partial charge in [0.25, 0.3) is 0 Å². The third-order valence-corrected chi connectivity index (χ3v) is 2.06. The Bertz CT molecular complexity index is 463. The minimum Gasteiger partial charge on any atom is -0.353 e. The summed E-state index contributed by atoms with van der Waals surface area (Å²) in [5, 5.41) is 8.75. The Balaban J connectivity index is 2.78. The zero-order valence-corrected chi connectivity index (χ0v) is 7.42. The molecule has 0 aromatic carbocycles. The number of fused-ring (bicyclic) bond motifs is 1. The van der Waals surface area contributed by atoms with Crippen LogP contribution in [0, 0.1) is 25.2 Å². The first-order valence-corrected chi connectivity index (χ1v) is 3.94. The summed E-state index contributed by atoms with van der Waals surface area (Å²) in [6.45, 7) is 3.84. The maximum absolute atomic E-state index is 8.75. The molecule has 0 atom stereocenters. The topological polar surface area (TPSA) is 65.4 Å². The highest BCUT2D eigenvalue weighted by Crippen LogP contribution is 2.21. The molecule has 13 heavy (non-hydrogen) atoms. The molecule has 0 saturated carbocycles. The van der Waals surface area contributed by atoms with Gasteiger partial charge in [-0.25, -0.2) is 9.97 Å². The van der Waals surface area contributed by atoms with Crippen LogP contribution in [0.4, 0.5) is 0 Å². The number of aromatic amines is 1. The number of nitrogens with one attached hydrogen (secondary N) is 1. The number of nitriles is 1. The molecular formula is C9H8N4. The van der Waals surface area contributed by atoms with E-state index >= 15 is 0 Å². The van der Waals surface area contributed by atoms with Gasteiger partial charge in [0.15, 0.2) is 5.82 Å². The van der Waals surface area contributed by atoms with Crippen molar-refractivity contribution >= 4 is 0 Å². The van der Waals surface area contributed by atoms with Crippen LogP contribution >= 0.6 is 0 Å². The Morgan fingerprint density at radius 2 is 2.23 bits per heavy atom. The maximum atomic E-state index is 8.75. The second-order valence-electron chi connectivity index (χ2n) is 2.93. The van der Waals surface area contributed by atoms with Crippen molar-refractivity contribution in [1.29, 1.82) is 5.26 Å². The van der Waals surface area contributed by atoms with Gasteiger partial charge >= 0.3 is 0 Å². The van der Waals surface area contributed by atoms with E-state index in [0.717, 1.165) is 17.1 Å². The van der Waals surface area contributed by atoms with E-state index in [1.165, 1.54) is 6.20 Å². The van der Waals surface area contributed by atoms with Gasteiger partial charge in [0.1, 0.15) is 11.8 Å². The predicted molar refractivity (Wildman–Crippen MR) is 47.2 cm³/mol. The Morgan fingerprint density at radius 3 is 2.92 bits per heavy atom. The van der Waals surface area contributed by atoms with E-state index in [-0.39, 0.29) is 0 Å². The van der Waals surface area contributed by atoms with E-state index in [4.69, 9.17) is 5.26 Å². The normalized spacial score (nSPS) is 10.2. The molecule has 0 unspecified atom stereocenters. The molecule has 4 heteroatoms. The van der Waals surface area contributed by atoms with Gasteiger partial charge in [-0.15, -0.1) is 0 Å². The highest BCUT2D eigenvalue weighted by molar-refractivity contribution is 5.62. The number of aromatic nitrogens is 3. The highest BCUT2D eigenvalue weighted by atomic mass is 15.0. The number of hydrogen-bond donors (Lipinski definition) is 1. The first-order chi connectivity index (χ1) is 6.22. The average Bonchev–Trinajstić information content (AvgIpc) is 2.48. The SMILES string of the molecule is Cc1nc2ncc(C#N)c-2[nH]c1C. The van der Waals surface area contributed by atoms with Crippen molar-refractivity contribution < 1.29 is 0 Å². The first-order valence-electron chi connectivity index (χ1n) is 3.94. The largest absolute Gasteiger partial charge is 0.353 e. The number of rotatable bonds is 0. The van der Waals surface area contributed by atoms with Crippen LogP contribution in [-0.2, 0) is 0 Å². The van der Waals surface area contributed by atoms with Gasteiger partial charge in [-0.1, -0.05) is 0 Å². The van der Waals surface area contributed by atoms with Crippen LogP contribution in [0.1, 0.15) is 17.0 Å². The molecule has 0 aromatic rings. The van der Waals surface area contributed by atoms with Crippen LogP contribution < -0.4 is 0 Å². The number of H-pyrrole nitrogens is 1. The zero-order valence-electron chi connectivity index (χ0n) is 7.42. The molecule has 0 fully saturated rings. The maximum Gasteiger partial charge on any atom is 0.177 e. The van der Waals surface area contributed by atoms with Gasteiger partial charge in [-0.05, 0) is 13.8 Å². The number of hydrogen-bond acceptors (Lipinski definition) is 3. The van der Waals surface area contributed by atoms with Crippen LogP contribution in [-0.4, -0.2) is 15.0 Å². The fourth-order valence-electron chi connectivity index (χ4n) is 1.19. The number of nitrogens with zero attached hydrogens (tertiary/aromatic N) is 3. The van der Waals surface area contributed by atoms with Crippen molar-refractivity contribution in [2.45, 2.75) is 13.8 Å². The Hall–Kier alpha value is -1.89. The number of aryl methyl sites for hydroxylation is 2. The van der Waals surface area contributed by atoms with Gasteiger partial charge in [0.05, 0.1) is 11.3 Å². The average molecular weight is 172 g/mol. The van der Waals surface area contributed by atoms with Gasteiger partial charge in [0, 0.05) is 11.9 Å². The second kappa shape index (κ2) is 2.56. The molecule has 1 N–H and O–H groups in total. The van der Waals surface area contributed by atoms with Crippen LogP contribution in [0.3, 0.4) is 0 Å². The lowest BCUT2D eigenvalue weighted by Gasteiger charge is -2.03. The quantitative estimate of drug-likeness (QED) is 0.653. The smallest absolute Gasteiger partial charge is 0.177 e. The molecule has 2 aliphatic heterocycles. The summed E-state index contributed by atoms with van der Waals surface area (Å²) in [6.07, 6.45) is 1.53. The van der Waals surface area contributed by atoms with Crippen molar-refractivity contribution in [3.63, 3.8) is 0 Å². The van der Waals surface area contributed by atoms with Crippen molar-refractivity contribution in [2.75, 3.05) is 0 Å². The molecule has 4 nitrogen and oxygen atoms in total. The van der Waals surface area contributed by atoms with Crippen molar-refractivity contribution in [2.24, 2.45) is 0 Å². The molecule has 0 aromatic heterocycles. The van der Waals surface area contributed by atoms with E-state index in [0.29, 0.717) is 11.4 Å². The van der Waals surface area contributed by atoms with Crippen LogP contribution in [0.15, 0.2) is 6.20 Å². The summed E-state index contributed by atoms with van der Waals surface area (Å²) in [7, 11) is 0. The van der Waals surface area contributed by atoms with E-state index in [9.17, 15) is 0 Å². The molecular weight excluding hydrogens is 164 g/mol. The van der Waals surface area contributed by atoms with E-state index in [1.54, 1.807) is 0 Å². The first kappa shape index (κ1) is 7.74. The predicted octanol–water partition coefficient (Wildman–Crippen LogP) is 1.40. The van der Waals surface area contributed by atoms with E-state index in [2.05, 4.69) is 21.0 Å². The van der Waals surface area contributed by atoms with Gasteiger partial charge in [-0.3, -0.25) is 0 Å².